The van der Waals surface area contributed by atoms with Crippen LogP contribution < -0.4 is 0 Å². The van der Waals surface area contributed by atoms with Gasteiger partial charge in [0.15, 0.2) is 6.10 Å². The van der Waals surface area contributed by atoms with Crippen molar-refractivity contribution in [2.24, 2.45) is 0 Å². The number of hydrogen-bond donors (Lipinski definition) is 0. The summed E-state index contributed by atoms with van der Waals surface area (Å²) in [6.07, 6.45) is 76.9. The van der Waals surface area contributed by atoms with E-state index in [1.165, 1.54) is 109 Å². The van der Waals surface area contributed by atoms with Crippen LogP contribution in [0.15, 0.2) is 97.2 Å². The van der Waals surface area contributed by atoms with Gasteiger partial charge in [0, 0.05) is 19.3 Å². The maximum absolute atomic E-state index is 12.8. The summed E-state index contributed by atoms with van der Waals surface area (Å²) in [5.74, 6) is -0.905. The molecule has 0 aromatic carbocycles. The summed E-state index contributed by atoms with van der Waals surface area (Å²) in [5, 5.41) is 0. The Kier molecular flexibility index (Phi) is 54.9. The zero-order valence-electron chi connectivity index (χ0n) is 45.8. The maximum atomic E-state index is 12.8. The van der Waals surface area contributed by atoms with E-state index in [2.05, 4.69) is 118 Å². The third kappa shape index (κ3) is 55.3. The molecular formula is C64H108O6. The van der Waals surface area contributed by atoms with E-state index >= 15 is 0 Å². The van der Waals surface area contributed by atoms with Crippen LogP contribution in [0.1, 0.15) is 271 Å². The highest BCUT2D eigenvalue weighted by atomic mass is 16.6. The minimum Gasteiger partial charge on any atom is -0.462 e. The van der Waals surface area contributed by atoms with Crippen molar-refractivity contribution in [2.45, 2.75) is 277 Å². The molecule has 0 radical (unpaired) electrons. The number of unbranched alkanes of at least 4 members (excludes halogenated alkanes) is 25. The highest BCUT2D eigenvalue weighted by Crippen LogP contribution is 2.15. The van der Waals surface area contributed by atoms with Gasteiger partial charge in [-0.05, 0) is 83.5 Å². The van der Waals surface area contributed by atoms with Crippen molar-refractivity contribution < 1.29 is 28.6 Å². The second-order valence-corrected chi connectivity index (χ2v) is 19.2. The molecule has 0 aliphatic carbocycles. The van der Waals surface area contributed by atoms with Crippen LogP contribution in [-0.4, -0.2) is 37.2 Å². The summed E-state index contributed by atoms with van der Waals surface area (Å²) in [6.45, 7) is 6.50. The Morgan fingerprint density at radius 1 is 0.300 bits per heavy atom. The summed E-state index contributed by atoms with van der Waals surface area (Å²) in [5.41, 5.74) is 0. The average molecular weight is 974 g/mol. The first-order valence-electron chi connectivity index (χ1n) is 29.2. The first-order chi connectivity index (χ1) is 34.5. The zero-order chi connectivity index (χ0) is 50.7. The van der Waals surface area contributed by atoms with Gasteiger partial charge >= 0.3 is 17.9 Å². The normalized spacial score (nSPS) is 12.8. The van der Waals surface area contributed by atoms with E-state index in [0.717, 1.165) is 122 Å². The molecule has 0 aliphatic rings. The van der Waals surface area contributed by atoms with Crippen LogP contribution in [0, 0.1) is 0 Å². The number of hydrogen-bond acceptors (Lipinski definition) is 6. The second kappa shape index (κ2) is 57.9. The van der Waals surface area contributed by atoms with E-state index in [1.54, 1.807) is 0 Å². The number of allylic oxidation sites excluding steroid dienone is 16. The number of ether oxygens (including phenoxy) is 3. The smallest absolute Gasteiger partial charge is 0.306 e. The van der Waals surface area contributed by atoms with Gasteiger partial charge in [0.1, 0.15) is 13.2 Å². The Labute approximate surface area is 432 Å². The molecule has 0 saturated heterocycles. The summed E-state index contributed by atoms with van der Waals surface area (Å²) in [6, 6.07) is 0. The van der Waals surface area contributed by atoms with Gasteiger partial charge in [0.05, 0.1) is 0 Å². The van der Waals surface area contributed by atoms with E-state index in [4.69, 9.17) is 14.2 Å². The summed E-state index contributed by atoms with van der Waals surface area (Å²) in [7, 11) is 0. The fourth-order valence-electron chi connectivity index (χ4n) is 7.99. The third-order valence-corrected chi connectivity index (χ3v) is 12.4. The minimum atomic E-state index is -0.784. The van der Waals surface area contributed by atoms with Crippen LogP contribution >= 0.6 is 0 Å². The molecule has 0 bridgehead atoms. The molecule has 0 aromatic rings. The van der Waals surface area contributed by atoms with Gasteiger partial charge in [-0.25, -0.2) is 0 Å². The van der Waals surface area contributed by atoms with Crippen LogP contribution in [0.2, 0.25) is 0 Å². The predicted molar refractivity (Wildman–Crippen MR) is 302 cm³/mol. The number of carbonyl (C=O) groups is 3. The van der Waals surface area contributed by atoms with Crippen molar-refractivity contribution in [1.29, 1.82) is 0 Å². The van der Waals surface area contributed by atoms with Crippen LogP contribution in [0.3, 0.4) is 0 Å². The van der Waals surface area contributed by atoms with E-state index in [-0.39, 0.29) is 31.1 Å². The van der Waals surface area contributed by atoms with Crippen molar-refractivity contribution in [1.82, 2.24) is 0 Å². The van der Waals surface area contributed by atoms with Crippen LogP contribution in [0.25, 0.3) is 0 Å². The molecule has 0 rings (SSSR count). The Morgan fingerprint density at radius 2 is 0.557 bits per heavy atom. The fraction of sp³-hybridized carbons (Fsp3) is 0.703. The molecule has 6 nitrogen and oxygen atoms in total. The molecule has 0 fully saturated rings. The minimum absolute atomic E-state index is 0.0823. The van der Waals surface area contributed by atoms with Gasteiger partial charge in [-0.1, -0.05) is 266 Å². The molecule has 0 saturated carbocycles. The molecular weight excluding hydrogens is 865 g/mol. The number of carbonyl (C=O) groups excluding carboxylic acids is 3. The lowest BCUT2D eigenvalue weighted by Gasteiger charge is -2.18. The second-order valence-electron chi connectivity index (χ2n) is 19.2. The molecule has 70 heavy (non-hydrogen) atoms. The topological polar surface area (TPSA) is 78.9 Å². The van der Waals surface area contributed by atoms with Crippen LogP contribution in [0.4, 0.5) is 0 Å². The number of rotatable bonds is 52. The largest absolute Gasteiger partial charge is 0.462 e. The molecule has 0 aromatic heterocycles. The molecule has 1 atom stereocenters. The molecule has 0 aliphatic heterocycles. The predicted octanol–water partition coefficient (Wildman–Crippen LogP) is 19.7. The Balaban J connectivity index is 4.29. The Morgan fingerprint density at radius 3 is 0.871 bits per heavy atom. The SMILES string of the molecule is CC/C=C\C/C=C\C/C=C\C/C=C\C/C=C\C/C=C\C/C=C\C/C=C\CCCCCCC(=O)OCC(COC(=O)CCCCCCCCCCCC)OC(=O)CCCCCCCCCCCCCCC. The van der Waals surface area contributed by atoms with Crippen LogP contribution in [0.5, 0.6) is 0 Å². The monoisotopic (exact) mass is 973 g/mol. The van der Waals surface area contributed by atoms with Crippen molar-refractivity contribution in [3.8, 4) is 0 Å². The first kappa shape index (κ1) is 66.3. The van der Waals surface area contributed by atoms with Crippen molar-refractivity contribution in [3.05, 3.63) is 97.2 Å². The lowest BCUT2D eigenvalue weighted by atomic mass is 10.0. The van der Waals surface area contributed by atoms with Crippen molar-refractivity contribution in [3.63, 3.8) is 0 Å². The van der Waals surface area contributed by atoms with E-state index in [0.29, 0.717) is 19.3 Å². The maximum Gasteiger partial charge on any atom is 0.306 e. The van der Waals surface area contributed by atoms with Gasteiger partial charge in [0.2, 0.25) is 0 Å². The highest BCUT2D eigenvalue weighted by molar-refractivity contribution is 5.71. The number of esters is 3. The lowest BCUT2D eigenvalue weighted by Crippen LogP contribution is -2.30. The highest BCUT2D eigenvalue weighted by Gasteiger charge is 2.19. The molecule has 1 unspecified atom stereocenters. The van der Waals surface area contributed by atoms with Gasteiger partial charge < -0.3 is 14.2 Å². The van der Waals surface area contributed by atoms with Crippen molar-refractivity contribution in [2.75, 3.05) is 13.2 Å². The molecule has 400 valence electrons. The van der Waals surface area contributed by atoms with Gasteiger partial charge in [-0.15, -0.1) is 0 Å². The fourth-order valence-corrected chi connectivity index (χ4v) is 7.99. The Bertz CT molecular complexity index is 1400. The molecule has 0 N–H and O–H groups in total. The van der Waals surface area contributed by atoms with Gasteiger partial charge in [-0.3, -0.25) is 14.4 Å². The lowest BCUT2D eigenvalue weighted by molar-refractivity contribution is -0.167. The van der Waals surface area contributed by atoms with E-state index in [1.807, 2.05) is 0 Å². The van der Waals surface area contributed by atoms with Gasteiger partial charge in [0.25, 0.3) is 0 Å². The quantitative estimate of drug-likeness (QED) is 0.0262. The summed E-state index contributed by atoms with van der Waals surface area (Å²) >= 11 is 0. The zero-order valence-corrected chi connectivity index (χ0v) is 45.8. The molecule has 0 amide bonds. The first-order valence-corrected chi connectivity index (χ1v) is 29.2. The van der Waals surface area contributed by atoms with Crippen LogP contribution in [-0.2, 0) is 28.6 Å². The molecule has 0 heterocycles. The van der Waals surface area contributed by atoms with Gasteiger partial charge in [-0.2, -0.15) is 0 Å². The van der Waals surface area contributed by atoms with Crippen molar-refractivity contribution >= 4 is 17.9 Å². The standard InChI is InChI=1S/C64H108O6/c1-4-7-10-13-16-19-22-24-25-26-27-28-29-30-31-32-33-34-35-36-37-38-39-41-42-45-48-51-54-57-63(66)69-60-61(59-68-62(65)56-53-50-47-44-21-18-15-12-9-6-3)70-64(67)58-55-52-49-46-43-40-23-20-17-14-11-8-5-2/h7,10,16,19,24-25,27-28,30-31,33-34,36-37,39,41,61H,4-6,8-9,11-15,17-18,20-23,26,29,32,35,38,40,42-60H2,1-3H3/b10-7-,19-16-,25-24-,28-27-,31-30-,34-33-,37-36-,41-39-. The van der Waals surface area contributed by atoms with E-state index < -0.39 is 6.10 Å². The summed E-state index contributed by atoms with van der Waals surface area (Å²) in [4.78, 5) is 38.0. The summed E-state index contributed by atoms with van der Waals surface area (Å²) < 4.78 is 16.8. The Hall–Kier alpha value is -3.67. The average Bonchev–Trinajstić information content (AvgIpc) is 3.36. The molecule has 0 spiro atoms. The third-order valence-electron chi connectivity index (χ3n) is 12.4. The molecule has 6 heteroatoms. The van der Waals surface area contributed by atoms with E-state index in [9.17, 15) is 14.4 Å².